The van der Waals surface area contributed by atoms with E-state index >= 15 is 0 Å². The quantitative estimate of drug-likeness (QED) is 0.873. The maximum atomic E-state index is 12.5. The van der Waals surface area contributed by atoms with E-state index in [9.17, 15) is 9.59 Å². The number of nitrogens with zero attached hydrogens (tertiary/aromatic N) is 1. The summed E-state index contributed by atoms with van der Waals surface area (Å²) in [4.78, 5) is 26.6. The minimum atomic E-state index is -0.291. The number of carbonyl (C=O) groups is 2. The molecule has 134 valence electrons. The average Bonchev–Trinajstić information content (AvgIpc) is 3.11. The monoisotopic (exact) mass is 363 g/mol. The summed E-state index contributed by atoms with van der Waals surface area (Å²) in [6, 6.07) is 8.62. The second kappa shape index (κ2) is 8.69. The Morgan fingerprint density at radius 2 is 1.88 bits per heavy atom. The molecule has 2 amide bonds. The standard InChI is InChI=1S/C18H21N3O3.ClH/c19-11-16-10-14(12-24-16)17(22)20-15-6-4-5-13(9-15)18(23)21-7-2-1-3-8-21;/h4-6,9-10,12H,1-3,7-8,11,19H2,(H,20,22);1H. The van der Waals surface area contributed by atoms with Crippen molar-refractivity contribution in [1.29, 1.82) is 0 Å². The van der Waals surface area contributed by atoms with Crippen molar-refractivity contribution in [3.63, 3.8) is 0 Å². The molecule has 0 atom stereocenters. The summed E-state index contributed by atoms with van der Waals surface area (Å²) >= 11 is 0. The number of amides is 2. The molecule has 0 saturated carbocycles. The number of rotatable bonds is 4. The van der Waals surface area contributed by atoms with Crippen molar-refractivity contribution in [2.24, 2.45) is 5.73 Å². The van der Waals surface area contributed by atoms with E-state index < -0.39 is 0 Å². The predicted molar refractivity (Wildman–Crippen MR) is 98.0 cm³/mol. The Bertz CT molecular complexity index is 739. The first-order chi connectivity index (χ1) is 11.7. The lowest BCUT2D eigenvalue weighted by atomic mass is 10.1. The number of piperidine rings is 1. The molecule has 0 bridgehead atoms. The van der Waals surface area contributed by atoms with Crippen molar-refractivity contribution in [3.8, 4) is 0 Å². The lowest BCUT2D eigenvalue weighted by molar-refractivity contribution is 0.0724. The van der Waals surface area contributed by atoms with E-state index in [0.717, 1.165) is 25.9 Å². The molecule has 0 radical (unpaired) electrons. The molecule has 0 unspecified atom stereocenters. The average molecular weight is 364 g/mol. The summed E-state index contributed by atoms with van der Waals surface area (Å²) in [6.45, 7) is 1.84. The van der Waals surface area contributed by atoms with E-state index in [1.165, 1.54) is 12.7 Å². The molecule has 0 spiro atoms. The number of anilines is 1. The first kappa shape index (κ1) is 19.0. The van der Waals surface area contributed by atoms with E-state index in [4.69, 9.17) is 10.2 Å². The summed E-state index contributed by atoms with van der Waals surface area (Å²) in [5.74, 6) is 0.273. The number of nitrogens with one attached hydrogen (secondary N) is 1. The largest absolute Gasteiger partial charge is 0.467 e. The lowest BCUT2D eigenvalue weighted by Gasteiger charge is -2.26. The Morgan fingerprint density at radius 3 is 2.56 bits per heavy atom. The Balaban J connectivity index is 0.00000225. The summed E-state index contributed by atoms with van der Waals surface area (Å²) in [7, 11) is 0. The van der Waals surface area contributed by atoms with Crippen LogP contribution < -0.4 is 11.1 Å². The second-order valence-electron chi connectivity index (χ2n) is 5.89. The van der Waals surface area contributed by atoms with Gasteiger partial charge in [-0.05, 0) is 43.5 Å². The van der Waals surface area contributed by atoms with Gasteiger partial charge in [0.25, 0.3) is 11.8 Å². The number of hydrogen-bond acceptors (Lipinski definition) is 4. The maximum Gasteiger partial charge on any atom is 0.258 e. The van der Waals surface area contributed by atoms with Crippen LogP contribution in [0.2, 0.25) is 0 Å². The van der Waals surface area contributed by atoms with Crippen LogP contribution in [0.5, 0.6) is 0 Å². The zero-order valence-corrected chi connectivity index (χ0v) is 14.7. The zero-order valence-electron chi connectivity index (χ0n) is 13.9. The van der Waals surface area contributed by atoms with E-state index in [2.05, 4.69) is 5.32 Å². The molecule has 1 aromatic carbocycles. The van der Waals surface area contributed by atoms with Gasteiger partial charge in [-0.1, -0.05) is 6.07 Å². The van der Waals surface area contributed by atoms with Gasteiger partial charge >= 0.3 is 0 Å². The number of likely N-dealkylation sites (tertiary alicyclic amines) is 1. The van der Waals surface area contributed by atoms with Crippen LogP contribution in [0, 0.1) is 0 Å². The predicted octanol–water partition coefficient (Wildman–Crippen LogP) is 3.04. The number of furan rings is 1. The highest BCUT2D eigenvalue weighted by Gasteiger charge is 2.18. The van der Waals surface area contributed by atoms with Crippen molar-refractivity contribution in [1.82, 2.24) is 4.90 Å². The highest BCUT2D eigenvalue weighted by atomic mass is 35.5. The number of benzene rings is 1. The molecule has 1 aliphatic heterocycles. The molecule has 1 fully saturated rings. The van der Waals surface area contributed by atoms with E-state index in [0.29, 0.717) is 22.6 Å². The van der Waals surface area contributed by atoms with Gasteiger partial charge in [-0.3, -0.25) is 9.59 Å². The molecule has 2 heterocycles. The Labute approximate surface area is 152 Å². The number of halogens is 1. The maximum absolute atomic E-state index is 12.5. The fourth-order valence-corrected chi connectivity index (χ4v) is 2.82. The van der Waals surface area contributed by atoms with Gasteiger partial charge in [0.05, 0.1) is 12.1 Å². The van der Waals surface area contributed by atoms with Crippen LogP contribution in [-0.2, 0) is 6.54 Å². The summed E-state index contributed by atoms with van der Waals surface area (Å²) in [6.07, 6.45) is 4.65. The third kappa shape index (κ3) is 4.61. The topological polar surface area (TPSA) is 88.6 Å². The van der Waals surface area contributed by atoms with Crippen LogP contribution in [0.1, 0.15) is 45.7 Å². The van der Waals surface area contributed by atoms with E-state index in [1.54, 1.807) is 30.3 Å². The fourth-order valence-electron chi connectivity index (χ4n) is 2.82. The van der Waals surface area contributed by atoms with Gasteiger partial charge < -0.3 is 20.4 Å². The first-order valence-electron chi connectivity index (χ1n) is 8.15. The third-order valence-corrected chi connectivity index (χ3v) is 4.13. The molecule has 2 aromatic rings. The minimum Gasteiger partial charge on any atom is -0.467 e. The molecule has 3 N–H and O–H groups in total. The minimum absolute atomic E-state index is 0. The van der Waals surface area contributed by atoms with Crippen molar-refractivity contribution in [2.75, 3.05) is 18.4 Å². The third-order valence-electron chi connectivity index (χ3n) is 4.13. The van der Waals surface area contributed by atoms with E-state index in [-0.39, 0.29) is 30.8 Å². The summed E-state index contributed by atoms with van der Waals surface area (Å²) in [5, 5.41) is 2.78. The smallest absolute Gasteiger partial charge is 0.258 e. The van der Waals surface area contributed by atoms with Gasteiger partial charge in [0.1, 0.15) is 12.0 Å². The van der Waals surface area contributed by atoms with Gasteiger partial charge in [0.2, 0.25) is 0 Å². The van der Waals surface area contributed by atoms with Crippen LogP contribution in [0.15, 0.2) is 41.0 Å². The molecule has 3 rings (SSSR count). The SMILES string of the molecule is Cl.NCc1cc(C(=O)Nc2cccc(C(=O)N3CCCCC3)c2)co1. The summed E-state index contributed by atoms with van der Waals surface area (Å²) < 4.78 is 5.17. The van der Waals surface area contributed by atoms with Crippen LogP contribution >= 0.6 is 12.4 Å². The molecule has 7 heteroatoms. The highest BCUT2D eigenvalue weighted by Crippen LogP contribution is 2.17. The van der Waals surface area contributed by atoms with Gasteiger partial charge in [-0.15, -0.1) is 12.4 Å². The molecular formula is C18H22ClN3O3. The molecule has 25 heavy (non-hydrogen) atoms. The summed E-state index contributed by atoms with van der Waals surface area (Å²) in [5.41, 5.74) is 7.05. The normalized spacial score (nSPS) is 13.9. The lowest BCUT2D eigenvalue weighted by Crippen LogP contribution is -2.35. The molecule has 1 saturated heterocycles. The number of hydrogen-bond donors (Lipinski definition) is 2. The van der Waals surface area contributed by atoms with Crippen LogP contribution in [-0.4, -0.2) is 29.8 Å². The van der Waals surface area contributed by atoms with Crippen LogP contribution in [0.3, 0.4) is 0 Å². The van der Waals surface area contributed by atoms with Gasteiger partial charge in [0, 0.05) is 24.3 Å². The van der Waals surface area contributed by atoms with Crippen LogP contribution in [0.4, 0.5) is 5.69 Å². The zero-order chi connectivity index (χ0) is 16.9. The molecule has 1 aromatic heterocycles. The molecule has 0 aliphatic carbocycles. The second-order valence-corrected chi connectivity index (χ2v) is 5.89. The van der Waals surface area contributed by atoms with Crippen LogP contribution in [0.25, 0.3) is 0 Å². The van der Waals surface area contributed by atoms with E-state index in [1.807, 2.05) is 4.90 Å². The molecular weight excluding hydrogens is 342 g/mol. The van der Waals surface area contributed by atoms with Crippen molar-refractivity contribution < 1.29 is 14.0 Å². The molecule has 1 aliphatic rings. The fraction of sp³-hybridized carbons (Fsp3) is 0.333. The Hall–Kier alpha value is -2.31. The highest BCUT2D eigenvalue weighted by molar-refractivity contribution is 6.05. The van der Waals surface area contributed by atoms with Crippen molar-refractivity contribution >= 4 is 29.9 Å². The molecule has 6 nitrogen and oxygen atoms in total. The Morgan fingerprint density at radius 1 is 1.12 bits per heavy atom. The van der Waals surface area contributed by atoms with Crippen molar-refractivity contribution in [3.05, 3.63) is 53.5 Å². The Kier molecular flexibility index (Phi) is 6.61. The van der Waals surface area contributed by atoms with Crippen molar-refractivity contribution in [2.45, 2.75) is 25.8 Å². The van der Waals surface area contributed by atoms with Gasteiger partial charge in [-0.25, -0.2) is 0 Å². The first-order valence-corrected chi connectivity index (χ1v) is 8.15. The van der Waals surface area contributed by atoms with Gasteiger partial charge in [0.15, 0.2) is 0 Å². The van der Waals surface area contributed by atoms with Gasteiger partial charge in [-0.2, -0.15) is 0 Å². The number of carbonyl (C=O) groups excluding carboxylic acids is 2. The number of nitrogens with two attached hydrogens (primary N) is 1.